The smallest absolute Gasteiger partial charge is 0.412 e. The van der Waals surface area contributed by atoms with E-state index >= 15 is 0 Å². The van der Waals surface area contributed by atoms with E-state index in [0.717, 1.165) is 6.20 Å². The first-order valence-electron chi connectivity index (χ1n) is 5.11. The van der Waals surface area contributed by atoms with E-state index in [-0.39, 0.29) is 23.9 Å². The lowest BCUT2D eigenvalue weighted by atomic mass is 10.2. The van der Waals surface area contributed by atoms with Crippen molar-refractivity contribution in [1.29, 1.82) is 0 Å². The largest absolute Gasteiger partial charge is 0.449 e. The molecule has 0 aliphatic carbocycles. The average molecular weight is 243 g/mol. The predicted molar refractivity (Wildman–Crippen MR) is 59.5 cm³/mol. The molecule has 0 atom stereocenters. The topological polar surface area (TPSA) is 84.1 Å². The highest BCUT2D eigenvalue weighted by atomic mass is 19.1. The van der Waals surface area contributed by atoms with E-state index < -0.39 is 18.5 Å². The number of hydrogen-bond acceptors (Lipinski definition) is 4. The highest BCUT2D eigenvalue weighted by Gasteiger charge is 2.09. The van der Waals surface area contributed by atoms with Gasteiger partial charge in [0.05, 0.1) is 6.61 Å². The Kier molecular flexibility index (Phi) is 4.62. The van der Waals surface area contributed by atoms with Crippen LogP contribution in [-0.2, 0) is 11.4 Å². The van der Waals surface area contributed by atoms with E-state index in [9.17, 15) is 14.0 Å². The van der Waals surface area contributed by atoms with Crippen LogP contribution in [-0.4, -0.2) is 22.7 Å². The number of rotatable bonds is 4. The van der Waals surface area contributed by atoms with Crippen molar-refractivity contribution >= 4 is 11.9 Å². The second kappa shape index (κ2) is 5.97. The van der Waals surface area contributed by atoms with Crippen molar-refractivity contribution in [2.45, 2.75) is 20.5 Å². The second-order valence-electron chi connectivity index (χ2n) is 3.84. The summed E-state index contributed by atoms with van der Waals surface area (Å²) >= 11 is 0. The lowest BCUT2D eigenvalue weighted by Gasteiger charge is -2.09. The van der Waals surface area contributed by atoms with E-state index in [1.807, 2.05) is 13.8 Å². The summed E-state index contributed by atoms with van der Waals surface area (Å²) in [5.41, 5.74) is -0.576. The predicted octanol–water partition coefficient (Wildman–Crippen LogP) is 1.44. The fourth-order valence-corrected chi connectivity index (χ4v) is 1.01. The van der Waals surface area contributed by atoms with Crippen molar-refractivity contribution in [3.8, 4) is 0 Å². The van der Waals surface area contributed by atoms with E-state index in [1.165, 1.54) is 0 Å². The first kappa shape index (κ1) is 13.1. The number of alkyl halides is 1. The second-order valence-corrected chi connectivity index (χ2v) is 3.84. The molecule has 1 rings (SSSR count). The number of nitrogens with one attached hydrogen (secondary N) is 2. The van der Waals surface area contributed by atoms with Crippen molar-refractivity contribution in [3.05, 3.63) is 22.2 Å². The van der Waals surface area contributed by atoms with Crippen molar-refractivity contribution < 1.29 is 13.9 Å². The molecule has 0 aliphatic heterocycles. The Labute approximate surface area is 97.2 Å². The quantitative estimate of drug-likeness (QED) is 0.838. The number of ether oxygens (including phenoxy) is 1. The Morgan fingerprint density at radius 3 is 2.94 bits per heavy atom. The number of nitrogens with zero attached hydrogens (tertiary/aromatic N) is 1. The number of aromatic nitrogens is 2. The van der Waals surface area contributed by atoms with Gasteiger partial charge in [0.1, 0.15) is 12.5 Å². The molecule has 2 N–H and O–H groups in total. The van der Waals surface area contributed by atoms with Crippen LogP contribution >= 0.6 is 0 Å². The summed E-state index contributed by atoms with van der Waals surface area (Å²) in [7, 11) is 0. The third kappa shape index (κ3) is 4.21. The van der Waals surface area contributed by atoms with Crippen LogP contribution in [0, 0.1) is 5.92 Å². The number of H-pyrrole nitrogens is 1. The Morgan fingerprint density at radius 2 is 2.35 bits per heavy atom. The molecular formula is C10H14FN3O3. The molecule has 1 amide bonds. The van der Waals surface area contributed by atoms with Crippen LogP contribution in [0.1, 0.15) is 19.4 Å². The first-order chi connectivity index (χ1) is 8.02. The van der Waals surface area contributed by atoms with Gasteiger partial charge in [-0.25, -0.2) is 19.0 Å². The van der Waals surface area contributed by atoms with Crippen molar-refractivity contribution in [2.75, 3.05) is 11.9 Å². The molecule has 0 unspecified atom stereocenters. The Morgan fingerprint density at radius 1 is 1.65 bits per heavy atom. The number of anilines is 1. The highest BCUT2D eigenvalue weighted by molar-refractivity contribution is 5.84. The van der Waals surface area contributed by atoms with E-state index in [4.69, 9.17) is 4.74 Å². The van der Waals surface area contributed by atoms with Gasteiger partial charge in [0.25, 0.3) is 0 Å². The van der Waals surface area contributed by atoms with Gasteiger partial charge >= 0.3 is 11.8 Å². The first-order valence-corrected chi connectivity index (χ1v) is 5.11. The van der Waals surface area contributed by atoms with Gasteiger partial charge in [0.2, 0.25) is 0 Å². The summed E-state index contributed by atoms with van der Waals surface area (Å²) in [5, 5.41) is 2.26. The minimum absolute atomic E-state index is 0.0266. The van der Waals surface area contributed by atoms with Gasteiger partial charge in [-0.3, -0.25) is 10.3 Å². The average Bonchev–Trinajstić information content (AvgIpc) is 2.27. The maximum absolute atomic E-state index is 12.5. The van der Waals surface area contributed by atoms with E-state index in [2.05, 4.69) is 15.3 Å². The third-order valence-electron chi connectivity index (χ3n) is 1.81. The molecule has 1 aromatic rings. The maximum Gasteiger partial charge on any atom is 0.412 e. The van der Waals surface area contributed by atoms with Crippen LogP contribution in [0.25, 0.3) is 0 Å². The van der Waals surface area contributed by atoms with Gasteiger partial charge in [0, 0.05) is 11.8 Å². The normalized spacial score (nSPS) is 10.4. The molecule has 17 heavy (non-hydrogen) atoms. The molecule has 0 spiro atoms. The summed E-state index contributed by atoms with van der Waals surface area (Å²) < 4.78 is 17.4. The molecular weight excluding hydrogens is 229 g/mol. The van der Waals surface area contributed by atoms with Crippen LogP contribution in [0.15, 0.2) is 11.0 Å². The molecule has 0 saturated heterocycles. The maximum atomic E-state index is 12.5. The van der Waals surface area contributed by atoms with Gasteiger partial charge in [-0.1, -0.05) is 13.8 Å². The molecule has 94 valence electrons. The molecule has 7 heteroatoms. The minimum atomic E-state index is -0.844. The summed E-state index contributed by atoms with van der Waals surface area (Å²) in [5.74, 6) is 0.166. The number of hydrogen-bond donors (Lipinski definition) is 2. The number of carbonyl (C=O) groups is 1. The van der Waals surface area contributed by atoms with Crippen LogP contribution in [0.3, 0.4) is 0 Å². The van der Waals surface area contributed by atoms with Gasteiger partial charge in [-0.2, -0.15) is 0 Å². The van der Waals surface area contributed by atoms with Gasteiger partial charge in [-0.15, -0.1) is 0 Å². The zero-order valence-electron chi connectivity index (χ0n) is 9.62. The SMILES string of the molecule is CC(C)COC(=O)Nc1[nH]c(=O)ncc1CF. The Bertz CT molecular complexity index is 445. The fraction of sp³-hybridized carbons (Fsp3) is 0.500. The van der Waals surface area contributed by atoms with Gasteiger partial charge < -0.3 is 4.74 Å². The summed E-state index contributed by atoms with van der Waals surface area (Å²) in [6.07, 6.45) is 0.326. The number of halogens is 1. The van der Waals surface area contributed by atoms with Crippen LogP contribution < -0.4 is 11.0 Å². The number of carbonyl (C=O) groups excluding carboxylic acids is 1. The molecule has 0 radical (unpaired) electrons. The van der Waals surface area contributed by atoms with E-state index in [1.54, 1.807) is 0 Å². The summed E-state index contributed by atoms with van der Waals surface area (Å²) in [6, 6.07) is 0. The Balaban J connectivity index is 2.70. The van der Waals surface area contributed by atoms with Crippen LogP contribution in [0.4, 0.5) is 15.0 Å². The zero-order chi connectivity index (χ0) is 12.8. The van der Waals surface area contributed by atoms with Crippen molar-refractivity contribution in [2.24, 2.45) is 5.92 Å². The van der Waals surface area contributed by atoms with Crippen LogP contribution in [0.2, 0.25) is 0 Å². The molecule has 0 aliphatic rings. The minimum Gasteiger partial charge on any atom is -0.449 e. The highest BCUT2D eigenvalue weighted by Crippen LogP contribution is 2.10. The molecule has 6 nitrogen and oxygen atoms in total. The standard InChI is InChI=1S/C10H14FN3O3/c1-6(2)5-17-10(16)14-8-7(3-11)4-12-9(15)13-8/h4,6H,3,5H2,1-2H3,(H2,12,13,14,15,16). The molecule has 0 saturated carbocycles. The summed E-state index contributed by atoms with van der Waals surface area (Å²) in [4.78, 5) is 27.8. The molecule has 0 aromatic carbocycles. The molecule has 1 aromatic heterocycles. The molecule has 0 fully saturated rings. The number of aromatic amines is 1. The lowest BCUT2D eigenvalue weighted by Crippen LogP contribution is -2.21. The third-order valence-corrected chi connectivity index (χ3v) is 1.81. The van der Waals surface area contributed by atoms with Crippen molar-refractivity contribution in [3.63, 3.8) is 0 Å². The van der Waals surface area contributed by atoms with Crippen LogP contribution in [0.5, 0.6) is 0 Å². The van der Waals surface area contributed by atoms with Gasteiger partial charge in [-0.05, 0) is 5.92 Å². The van der Waals surface area contributed by atoms with Gasteiger partial charge in [0.15, 0.2) is 0 Å². The zero-order valence-corrected chi connectivity index (χ0v) is 9.62. The molecule has 1 heterocycles. The fourth-order valence-electron chi connectivity index (χ4n) is 1.01. The summed E-state index contributed by atoms with van der Waals surface area (Å²) in [6.45, 7) is 3.17. The van der Waals surface area contributed by atoms with Crippen molar-refractivity contribution in [1.82, 2.24) is 9.97 Å². The van der Waals surface area contributed by atoms with E-state index in [0.29, 0.717) is 0 Å². The Hall–Kier alpha value is -1.92. The number of amides is 1. The molecule has 0 bridgehead atoms. The monoisotopic (exact) mass is 243 g/mol. The lowest BCUT2D eigenvalue weighted by molar-refractivity contribution is 0.147.